The lowest BCUT2D eigenvalue weighted by atomic mass is 10.00. The number of carbonyl (C=O) groups is 2. The lowest BCUT2D eigenvalue weighted by molar-refractivity contribution is -0.134. The zero-order valence-electron chi connectivity index (χ0n) is 15.7. The summed E-state index contributed by atoms with van der Waals surface area (Å²) in [7, 11) is 0. The standard InChI is InChI=1S/C22H25ClN2O2/c1-17(26)24(13-10-18-6-8-21(23)9-7-18)15-12-22(27)25-14-11-19-4-2-3-5-20(19)16-25/h2-9H,10-16H2,1H3. The molecular weight excluding hydrogens is 360 g/mol. The molecule has 0 atom stereocenters. The molecule has 1 heterocycles. The molecule has 0 N–H and O–H groups in total. The molecular formula is C22H25ClN2O2. The topological polar surface area (TPSA) is 40.6 Å². The molecule has 4 nitrogen and oxygen atoms in total. The highest BCUT2D eigenvalue weighted by Crippen LogP contribution is 2.19. The van der Waals surface area contributed by atoms with Crippen LogP contribution >= 0.6 is 11.6 Å². The van der Waals surface area contributed by atoms with E-state index in [9.17, 15) is 9.59 Å². The minimum atomic E-state index is 0.000698. The van der Waals surface area contributed by atoms with Gasteiger partial charge in [0.15, 0.2) is 0 Å². The van der Waals surface area contributed by atoms with E-state index in [1.54, 1.807) is 11.8 Å². The van der Waals surface area contributed by atoms with Crippen LogP contribution in [0.5, 0.6) is 0 Å². The summed E-state index contributed by atoms with van der Waals surface area (Å²) in [6, 6.07) is 15.9. The van der Waals surface area contributed by atoms with Crippen LogP contribution in [0.4, 0.5) is 0 Å². The first kappa shape index (κ1) is 19.4. The van der Waals surface area contributed by atoms with Gasteiger partial charge in [-0.1, -0.05) is 48.0 Å². The number of carbonyl (C=O) groups excluding carboxylic acids is 2. The van der Waals surface area contributed by atoms with Gasteiger partial charge in [-0.3, -0.25) is 9.59 Å². The van der Waals surface area contributed by atoms with Gasteiger partial charge < -0.3 is 9.80 Å². The molecule has 0 aromatic heterocycles. The molecule has 0 bridgehead atoms. The van der Waals surface area contributed by atoms with E-state index in [0.29, 0.717) is 31.1 Å². The summed E-state index contributed by atoms with van der Waals surface area (Å²) in [5.74, 6) is 0.114. The number of amides is 2. The first-order chi connectivity index (χ1) is 13.0. The minimum absolute atomic E-state index is 0.000698. The average molecular weight is 385 g/mol. The molecule has 3 rings (SSSR count). The number of fused-ring (bicyclic) bond motifs is 1. The molecule has 2 aromatic carbocycles. The van der Waals surface area contributed by atoms with Crippen molar-refractivity contribution in [2.24, 2.45) is 0 Å². The number of hydrogen-bond acceptors (Lipinski definition) is 2. The predicted molar refractivity (Wildman–Crippen MR) is 108 cm³/mol. The van der Waals surface area contributed by atoms with Crippen LogP contribution in [0.1, 0.15) is 30.0 Å². The number of halogens is 1. The molecule has 0 saturated heterocycles. The van der Waals surface area contributed by atoms with E-state index in [1.165, 1.54) is 11.1 Å². The maximum absolute atomic E-state index is 12.6. The fraction of sp³-hybridized carbons (Fsp3) is 0.364. The third kappa shape index (κ3) is 5.33. The molecule has 0 aliphatic carbocycles. The maximum Gasteiger partial charge on any atom is 0.224 e. The van der Waals surface area contributed by atoms with Crippen molar-refractivity contribution < 1.29 is 9.59 Å². The van der Waals surface area contributed by atoms with Crippen molar-refractivity contribution >= 4 is 23.4 Å². The number of hydrogen-bond donors (Lipinski definition) is 0. The highest BCUT2D eigenvalue weighted by Gasteiger charge is 2.21. The van der Waals surface area contributed by atoms with Crippen LogP contribution in [-0.2, 0) is 29.0 Å². The zero-order chi connectivity index (χ0) is 19.2. The molecule has 27 heavy (non-hydrogen) atoms. The Morgan fingerprint density at radius 1 is 1.04 bits per heavy atom. The first-order valence-electron chi connectivity index (χ1n) is 9.37. The van der Waals surface area contributed by atoms with Crippen molar-refractivity contribution in [3.8, 4) is 0 Å². The lowest BCUT2D eigenvalue weighted by Gasteiger charge is -2.30. The van der Waals surface area contributed by atoms with E-state index in [0.717, 1.165) is 24.9 Å². The van der Waals surface area contributed by atoms with Crippen molar-refractivity contribution in [2.45, 2.75) is 32.7 Å². The first-order valence-corrected chi connectivity index (χ1v) is 9.75. The maximum atomic E-state index is 12.6. The Balaban J connectivity index is 1.51. The summed E-state index contributed by atoms with van der Waals surface area (Å²) < 4.78 is 0. The minimum Gasteiger partial charge on any atom is -0.342 e. The summed E-state index contributed by atoms with van der Waals surface area (Å²) in [5.41, 5.74) is 3.68. The smallest absolute Gasteiger partial charge is 0.224 e. The van der Waals surface area contributed by atoms with Crippen molar-refractivity contribution in [3.05, 3.63) is 70.2 Å². The number of rotatable bonds is 6. The van der Waals surface area contributed by atoms with Crippen LogP contribution in [0.2, 0.25) is 5.02 Å². The molecule has 2 amide bonds. The van der Waals surface area contributed by atoms with Gasteiger partial charge in [0.2, 0.25) is 11.8 Å². The Labute approximate surface area is 165 Å². The van der Waals surface area contributed by atoms with Gasteiger partial charge in [-0.2, -0.15) is 0 Å². The summed E-state index contributed by atoms with van der Waals surface area (Å²) in [4.78, 5) is 28.2. The summed E-state index contributed by atoms with van der Waals surface area (Å²) in [5, 5.41) is 0.705. The van der Waals surface area contributed by atoms with E-state index in [4.69, 9.17) is 11.6 Å². The quantitative estimate of drug-likeness (QED) is 0.761. The molecule has 142 valence electrons. The second-order valence-electron chi connectivity index (χ2n) is 6.97. The molecule has 2 aromatic rings. The van der Waals surface area contributed by atoms with Gasteiger partial charge >= 0.3 is 0 Å². The molecule has 1 aliphatic heterocycles. The third-order valence-electron chi connectivity index (χ3n) is 5.11. The third-order valence-corrected chi connectivity index (χ3v) is 5.36. The van der Waals surface area contributed by atoms with E-state index in [1.807, 2.05) is 41.3 Å². The van der Waals surface area contributed by atoms with E-state index in [-0.39, 0.29) is 11.8 Å². The predicted octanol–water partition coefficient (Wildman–Crippen LogP) is 3.71. The fourth-order valence-electron chi connectivity index (χ4n) is 3.44. The summed E-state index contributed by atoms with van der Waals surface area (Å²) in [6.07, 6.45) is 2.01. The summed E-state index contributed by atoms with van der Waals surface area (Å²) in [6.45, 7) is 4.04. The largest absolute Gasteiger partial charge is 0.342 e. The molecule has 0 radical (unpaired) electrons. The van der Waals surface area contributed by atoms with Gasteiger partial charge in [-0.05, 0) is 41.7 Å². The van der Waals surface area contributed by atoms with E-state index < -0.39 is 0 Å². The van der Waals surface area contributed by atoms with Crippen molar-refractivity contribution in [2.75, 3.05) is 19.6 Å². The molecule has 0 saturated carbocycles. The average Bonchev–Trinajstić information content (AvgIpc) is 2.68. The number of nitrogens with zero attached hydrogens (tertiary/aromatic N) is 2. The Hall–Kier alpha value is -2.33. The Morgan fingerprint density at radius 3 is 2.44 bits per heavy atom. The molecule has 1 aliphatic rings. The van der Waals surface area contributed by atoms with Crippen molar-refractivity contribution in [1.82, 2.24) is 9.80 Å². The van der Waals surface area contributed by atoms with Crippen LogP contribution in [-0.4, -0.2) is 41.2 Å². The zero-order valence-corrected chi connectivity index (χ0v) is 16.4. The normalized spacial score (nSPS) is 13.2. The van der Waals surface area contributed by atoms with Gasteiger partial charge in [-0.25, -0.2) is 0 Å². The highest BCUT2D eigenvalue weighted by atomic mass is 35.5. The van der Waals surface area contributed by atoms with Crippen molar-refractivity contribution in [1.29, 1.82) is 0 Å². The van der Waals surface area contributed by atoms with Crippen LogP contribution in [0, 0.1) is 0 Å². The second kappa shape index (κ2) is 9.05. The van der Waals surface area contributed by atoms with Gasteiger partial charge in [0.25, 0.3) is 0 Å². The molecule has 5 heteroatoms. The molecule has 0 unspecified atom stereocenters. The highest BCUT2D eigenvalue weighted by molar-refractivity contribution is 6.30. The molecule has 0 spiro atoms. The van der Waals surface area contributed by atoms with Gasteiger partial charge in [-0.15, -0.1) is 0 Å². The monoisotopic (exact) mass is 384 g/mol. The van der Waals surface area contributed by atoms with Crippen LogP contribution < -0.4 is 0 Å². The van der Waals surface area contributed by atoms with Crippen LogP contribution in [0.15, 0.2) is 48.5 Å². The Morgan fingerprint density at radius 2 is 1.74 bits per heavy atom. The van der Waals surface area contributed by atoms with Crippen LogP contribution in [0.3, 0.4) is 0 Å². The lowest BCUT2D eigenvalue weighted by Crippen LogP contribution is -2.39. The van der Waals surface area contributed by atoms with Crippen LogP contribution in [0.25, 0.3) is 0 Å². The second-order valence-corrected chi connectivity index (χ2v) is 7.40. The molecule has 0 fully saturated rings. The van der Waals surface area contributed by atoms with Crippen molar-refractivity contribution in [3.63, 3.8) is 0 Å². The SMILES string of the molecule is CC(=O)N(CCC(=O)N1CCc2ccccc2C1)CCc1ccc(Cl)cc1. The Bertz CT molecular complexity index is 804. The van der Waals surface area contributed by atoms with Gasteiger partial charge in [0.05, 0.1) is 0 Å². The fourth-order valence-corrected chi connectivity index (χ4v) is 3.57. The van der Waals surface area contributed by atoms with E-state index >= 15 is 0 Å². The number of benzene rings is 2. The van der Waals surface area contributed by atoms with E-state index in [2.05, 4.69) is 12.1 Å². The summed E-state index contributed by atoms with van der Waals surface area (Å²) >= 11 is 5.91. The van der Waals surface area contributed by atoms with Gasteiger partial charge in [0, 0.05) is 44.5 Å². The Kier molecular flexibility index (Phi) is 6.51. The van der Waals surface area contributed by atoms with Gasteiger partial charge in [0.1, 0.15) is 0 Å².